The van der Waals surface area contributed by atoms with Gasteiger partial charge in [0.15, 0.2) is 0 Å². The molecule has 0 aliphatic carbocycles. The monoisotopic (exact) mass is 281 g/mol. The van der Waals surface area contributed by atoms with E-state index in [0.717, 1.165) is 17.5 Å². The summed E-state index contributed by atoms with van der Waals surface area (Å²) < 4.78 is 10.8. The number of aryl methyl sites for hydroxylation is 1. The number of aliphatic hydroxyl groups excluding tert-OH is 1. The fraction of sp³-hybridized carbons (Fsp3) is 0.625. The van der Waals surface area contributed by atoms with Crippen LogP contribution in [0.5, 0.6) is 11.5 Å². The molecule has 0 amide bonds. The summed E-state index contributed by atoms with van der Waals surface area (Å²) in [6, 6.07) is 3.30. The Morgan fingerprint density at radius 3 is 2.00 bits per heavy atom. The van der Waals surface area contributed by atoms with E-state index in [2.05, 4.69) is 13.8 Å². The topological polar surface area (TPSA) is 64.7 Å². The molecule has 0 fully saturated rings. The molecular weight excluding hydrogens is 254 g/mol. The molecule has 0 unspecified atom stereocenters. The van der Waals surface area contributed by atoms with Gasteiger partial charge in [-0.05, 0) is 43.4 Å². The zero-order valence-electron chi connectivity index (χ0n) is 13.1. The Balaban J connectivity index is 3.04. The van der Waals surface area contributed by atoms with E-state index >= 15 is 0 Å². The van der Waals surface area contributed by atoms with Crippen LogP contribution >= 0.6 is 0 Å². The molecule has 20 heavy (non-hydrogen) atoms. The van der Waals surface area contributed by atoms with Gasteiger partial charge >= 0.3 is 0 Å². The van der Waals surface area contributed by atoms with Gasteiger partial charge in [-0.15, -0.1) is 0 Å². The van der Waals surface area contributed by atoms with E-state index in [4.69, 9.17) is 15.2 Å². The van der Waals surface area contributed by atoms with Crippen LogP contribution in [-0.4, -0.2) is 25.4 Å². The molecule has 0 aromatic heterocycles. The van der Waals surface area contributed by atoms with Crippen LogP contribution < -0.4 is 15.2 Å². The SMILES string of the molecule is COc1cc(C)cc(OC)c1[C@@H](N)[C@@H](O)CCC(C)C. The van der Waals surface area contributed by atoms with Gasteiger partial charge in [-0.3, -0.25) is 0 Å². The summed E-state index contributed by atoms with van der Waals surface area (Å²) in [7, 11) is 3.20. The van der Waals surface area contributed by atoms with Crippen molar-refractivity contribution in [2.45, 2.75) is 45.8 Å². The first kappa shape index (κ1) is 16.8. The summed E-state index contributed by atoms with van der Waals surface area (Å²) >= 11 is 0. The normalized spacial score (nSPS) is 14.2. The molecule has 0 bridgehead atoms. The van der Waals surface area contributed by atoms with Crippen molar-refractivity contribution in [3.8, 4) is 11.5 Å². The highest BCUT2D eigenvalue weighted by atomic mass is 16.5. The predicted octanol–water partition coefficient (Wildman–Crippen LogP) is 2.81. The molecular formula is C16H27NO3. The van der Waals surface area contributed by atoms with Crippen LogP contribution in [-0.2, 0) is 0 Å². The highest BCUT2D eigenvalue weighted by Gasteiger charge is 2.24. The number of aliphatic hydroxyl groups is 1. The maximum atomic E-state index is 10.3. The van der Waals surface area contributed by atoms with Gasteiger partial charge in [-0.2, -0.15) is 0 Å². The number of hydrogen-bond acceptors (Lipinski definition) is 4. The zero-order valence-corrected chi connectivity index (χ0v) is 13.1. The van der Waals surface area contributed by atoms with Crippen LogP contribution in [0.3, 0.4) is 0 Å². The summed E-state index contributed by atoms with van der Waals surface area (Å²) in [6.07, 6.45) is 0.993. The lowest BCUT2D eigenvalue weighted by atomic mass is 9.94. The first-order valence-electron chi connectivity index (χ1n) is 7.06. The van der Waals surface area contributed by atoms with Crippen LogP contribution in [0.1, 0.15) is 43.9 Å². The predicted molar refractivity (Wildman–Crippen MR) is 81.3 cm³/mol. The number of rotatable bonds is 7. The zero-order chi connectivity index (χ0) is 15.3. The van der Waals surface area contributed by atoms with E-state index in [0.29, 0.717) is 23.8 Å². The van der Waals surface area contributed by atoms with Gasteiger partial charge in [0.2, 0.25) is 0 Å². The number of ether oxygens (including phenoxy) is 2. The summed E-state index contributed by atoms with van der Waals surface area (Å²) in [5, 5.41) is 10.3. The Morgan fingerprint density at radius 1 is 1.10 bits per heavy atom. The quantitative estimate of drug-likeness (QED) is 0.806. The summed E-state index contributed by atoms with van der Waals surface area (Å²) in [5.41, 5.74) is 7.98. The molecule has 4 nitrogen and oxygen atoms in total. The lowest BCUT2D eigenvalue weighted by Crippen LogP contribution is -2.27. The van der Waals surface area contributed by atoms with Gasteiger partial charge in [-0.1, -0.05) is 13.8 Å². The largest absolute Gasteiger partial charge is 0.496 e. The van der Waals surface area contributed by atoms with Crippen molar-refractivity contribution >= 4 is 0 Å². The lowest BCUT2D eigenvalue weighted by Gasteiger charge is -2.24. The molecule has 0 radical (unpaired) electrons. The molecule has 1 rings (SSSR count). The number of nitrogens with two attached hydrogens (primary N) is 1. The van der Waals surface area contributed by atoms with Crippen LogP contribution in [0.2, 0.25) is 0 Å². The van der Waals surface area contributed by atoms with Crippen molar-refractivity contribution < 1.29 is 14.6 Å². The maximum Gasteiger partial charge on any atom is 0.127 e. The van der Waals surface area contributed by atoms with Crippen molar-refractivity contribution in [2.24, 2.45) is 11.7 Å². The average Bonchev–Trinajstić information content (AvgIpc) is 2.42. The Bertz CT molecular complexity index is 407. The molecule has 0 aliphatic heterocycles. The molecule has 0 spiro atoms. The summed E-state index contributed by atoms with van der Waals surface area (Å²) in [4.78, 5) is 0. The minimum atomic E-state index is -0.608. The molecule has 3 N–H and O–H groups in total. The van der Waals surface area contributed by atoms with E-state index in [-0.39, 0.29) is 0 Å². The van der Waals surface area contributed by atoms with Crippen molar-refractivity contribution in [2.75, 3.05) is 14.2 Å². The van der Waals surface area contributed by atoms with Gasteiger partial charge in [0.1, 0.15) is 11.5 Å². The van der Waals surface area contributed by atoms with E-state index in [1.165, 1.54) is 0 Å². The minimum absolute atomic E-state index is 0.515. The molecule has 1 aromatic rings. The van der Waals surface area contributed by atoms with Crippen molar-refractivity contribution in [1.29, 1.82) is 0 Å². The Kier molecular flexibility index (Phi) is 6.30. The molecule has 0 heterocycles. The second-order valence-electron chi connectivity index (χ2n) is 5.65. The maximum absolute atomic E-state index is 10.3. The molecule has 1 aromatic carbocycles. The van der Waals surface area contributed by atoms with E-state index in [9.17, 15) is 5.11 Å². The minimum Gasteiger partial charge on any atom is -0.496 e. The third-order valence-corrected chi connectivity index (χ3v) is 3.48. The molecule has 4 heteroatoms. The molecule has 2 atom stereocenters. The smallest absolute Gasteiger partial charge is 0.127 e. The first-order valence-corrected chi connectivity index (χ1v) is 7.06. The van der Waals surface area contributed by atoms with E-state index < -0.39 is 12.1 Å². The molecule has 114 valence electrons. The van der Waals surface area contributed by atoms with E-state index in [1.54, 1.807) is 14.2 Å². The first-order chi connectivity index (χ1) is 9.40. The summed E-state index contributed by atoms with van der Waals surface area (Å²) in [5.74, 6) is 1.87. The third kappa shape index (κ3) is 4.12. The standard InChI is InChI=1S/C16H27NO3/c1-10(2)6-7-12(18)16(17)15-13(19-4)8-11(3)9-14(15)20-5/h8-10,12,16,18H,6-7,17H2,1-5H3/t12-,16-/m0/s1. The van der Waals surface area contributed by atoms with Gasteiger partial charge in [-0.25, -0.2) is 0 Å². The van der Waals surface area contributed by atoms with Gasteiger partial charge in [0.25, 0.3) is 0 Å². The Morgan fingerprint density at radius 2 is 1.60 bits per heavy atom. The molecule has 0 saturated heterocycles. The Hall–Kier alpha value is -1.26. The molecule has 0 aliphatic rings. The number of benzene rings is 1. The highest BCUT2D eigenvalue weighted by molar-refractivity contribution is 5.50. The fourth-order valence-corrected chi connectivity index (χ4v) is 2.27. The second kappa shape index (κ2) is 7.50. The fourth-order valence-electron chi connectivity index (χ4n) is 2.27. The third-order valence-electron chi connectivity index (χ3n) is 3.48. The summed E-state index contributed by atoms with van der Waals surface area (Å²) in [6.45, 7) is 6.23. The average molecular weight is 281 g/mol. The van der Waals surface area contributed by atoms with Crippen molar-refractivity contribution in [3.63, 3.8) is 0 Å². The van der Waals surface area contributed by atoms with Crippen LogP contribution in [0, 0.1) is 12.8 Å². The van der Waals surface area contributed by atoms with E-state index in [1.807, 2.05) is 19.1 Å². The Labute approximate surface area is 121 Å². The van der Waals surface area contributed by atoms with Gasteiger partial charge in [0.05, 0.1) is 31.9 Å². The lowest BCUT2D eigenvalue weighted by molar-refractivity contribution is 0.126. The van der Waals surface area contributed by atoms with Crippen molar-refractivity contribution in [1.82, 2.24) is 0 Å². The second-order valence-corrected chi connectivity index (χ2v) is 5.65. The number of methoxy groups -OCH3 is 2. The van der Waals surface area contributed by atoms with Gasteiger partial charge in [0, 0.05) is 0 Å². The van der Waals surface area contributed by atoms with Crippen LogP contribution in [0.25, 0.3) is 0 Å². The number of hydrogen-bond donors (Lipinski definition) is 2. The van der Waals surface area contributed by atoms with Gasteiger partial charge < -0.3 is 20.3 Å². The van der Waals surface area contributed by atoms with Crippen LogP contribution in [0.15, 0.2) is 12.1 Å². The van der Waals surface area contributed by atoms with Crippen molar-refractivity contribution in [3.05, 3.63) is 23.3 Å². The molecule has 0 saturated carbocycles. The van der Waals surface area contributed by atoms with Crippen LogP contribution in [0.4, 0.5) is 0 Å². The highest BCUT2D eigenvalue weighted by Crippen LogP contribution is 2.36.